The zero-order valence-corrected chi connectivity index (χ0v) is 10.2. The Balaban J connectivity index is 2.80. The number of halogens is 1. The number of nitrogens with one attached hydrogen (secondary N) is 1. The van der Waals surface area contributed by atoms with Crippen molar-refractivity contribution in [2.75, 3.05) is 12.4 Å². The number of aliphatic hydroxyl groups is 2. The molecule has 15 heavy (non-hydrogen) atoms. The van der Waals surface area contributed by atoms with Crippen molar-refractivity contribution in [3.8, 4) is 0 Å². The van der Waals surface area contributed by atoms with E-state index in [0.717, 1.165) is 17.7 Å². The summed E-state index contributed by atoms with van der Waals surface area (Å²) in [6, 6.07) is 7.57. The third-order valence-electron chi connectivity index (χ3n) is 2.20. The van der Waals surface area contributed by atoms with E-state index in [1.165, 1.54) is 0 Å². The maximum atomic E-state index is 9.78. The molecule has 0 heterocycles. The fraction of sp³-hybridized carbons (Fsp3) is 0.455. The molecule has 0 saturated carbocycles. The molecule has 0 radical (unpaired) electrons. The van der Waals surface area contributed by atoms with Gasteiger partial charge in [-0.1, -0.05) is 40.2 Å². The van der Waals surface area contributed by atoms with Crippen molar-refractivity contribution in [2.45, 2.75) is 18.8 Å². The molecule has 1 aromatic rings. The van der Waals surface area contributed by atoms with Crippen LogP contribution >= 0.6 is 15.9 Å². The van der Waals surface area contributed by atoms with Crippen LogP contribution in [-0.4, -0.2) is 28.7 Å². The summed E-state index contributed by atoms with van der Waals surface area (Å²) >= 11 is 3.14. The molecule has 0 spiro atoms. The first-order chi connectivity index (χ1) is 7.19. The van der Waals surface area contributed by atoms with Crippen LogP contribution in [0, 0.1) is 0 Å². The van der Waals surface area contributed by atoms with Crippen molar-refractivity contribution in [1.29, 1.82) is 0 Å². The maximum Gasteiger partial charge on any atom is 0.106 e. The van der Waals surface area contributed by atoms with Crippen molar-refractivity contribution >= 4 is 15.9 Å². The van der Waals surface area contributed by atoms with Gasteiger partial charge in [-0.25, -0.2) is 0 Å². The lowest BCUT2D eigenvalue weighted by Crippen LogP contribution is -2.19. The first kappa shape index (κ1) is 12.6. The lowest BCUT2D eigenvalue weighted by atomic mass is 10.0. The van der Waals surface area contributed by atoms with Crippen LogP contribution in [-0.2, 0) is 6.54 Å². The van der Waals surface area contributed by atoms with Crippen molar-refractivity contribution in [2.24, 2.45) is 0 Å². The summed E-state index contributed by atoms with van der Waals surface area (Å²) in [5.41, 5.74) is 1.84. The Morgan fingerprint density at radius 3 is 2.73 bits per heavy atom. The minimum atomic E-state index is -0.832. The molecule has 4 heteroatoms. The topological polar surface area (TPSA) is 52.5 Å². The molecule has 0 saturated heterocycles. The second-order valence-electron chi connectivity index (χ2n) is 3.44. The normalized spacial score (nSPS) is 14.9. The predicted octanol–water partition coefficient (Wildman–Crippen LogP) is 1.20. The Labute approximate surface area is 98.3 Å². The smallest absolute Gasteiger partial charge is 0.106 e. The Kier molecular flexibility index (Phi) is 5.25. The van der Waals surface area contributed by atoms with E-state index in [2.05, 4.69) is 21.2 Å². The van der Waals surface area contributed by atoms with E-state index in [9.17, 15) is 10.2 Å². The fourth-order valence-electron chi connectivity index (χ4n) is 1.40. The SMILES string of the molecule is CNCc1cccc(C(O)C(O)CBr)c1. The molecule has 1 rings (SSSR count). The molecule has 0 fully saturated rings. The number of hydrogen-bond acceptors (Lipinski definition) is 3. The van der Waals surface area contributed by atoms with E-state index in [1.54, 1.807) is 0 Å². The van der Waals surface area contributed by atoms with Gasteiger partial charge in [0.15, 0.2) is 0 Å². The minimum absolute atomic E-state index is 0.365. The van der Waals surface area contributed by atoms with Gasteiger partial charge in [-0.2, -0.15) is 0 Å². The quantitative estimate of drug-likeness (QED) is 0.707. The molecule has 84 valence electrons. The average Bonchev–Trinajstić information content (AvgIpc) is 2.28. The van der Waals surface area contributed by atoms with Gasteiger partial charge < -0.3 is 15.5 Å². The number of rotatable bonds is 5. The minimum Gasteiger partial charge on any atom is -0.389 e. The van der Waals surface area contributed by atoms with Crippen molar-refractivity contribution in [3.63, 3.8) is 0 Å². The number of hydrogen-bond donors (Lipinski definition) is 3. The molecular weight excluding hydrogens is 258 g/mol. The molecule has 0 aromatic heterocycles. The van der Waals surface area contributed by atoms with Crippen LogP contribution in [0.4, 0.5) is 0 Å². The molecule has 2 atom stereocenters. The second kappa shape index (κ2) is 6.23. The van der Waals surface area contributed by atoms with E-state index in [0.29, 0.717) is 5.33 Å². The van der Waals surface area contributed by atoms with Gasteiger partial charge in [-0.05, 0) is 18.2 Å². The third kappa shape index (κ3) is 3.57. The van der Waals surface area contributed by atoms with Gasteiger partial charge in [0.1, 0.15) is 6.10 Å². The van der Waals surface area contributed by atoms with Gasteiger partial charge in [0.25, 0.3) is 0 Å². The molecule has 0 amide bonds. The van der Waals surface area contributed by atoms with Crippen molar-refractivity contribution in [1.82, 2.24) is 5.32 Å². The summed E-state index contributed by atoms with van der Waals surface area (Å²) in [6.45, 7) is 0.755. The van der Waals surface area contributed by atoms with Crippen LogP contribution in [0.25, 0.3) is 0 Å². The monoisotopic (exact) mass is 273 g/mol. The van der Waals surface area contributed by atoms with Gasteiger partial charge in [0, 0.05) is 11.9 Å². The molecular formula is C11H16BrNO2. The zero-order chi connectivity index (χ0) is 11.3. The summed E-state index contributed by atoms with van der Waals surface area (Å²) < 4.78 is 0. The highest BCUT2D eigenvalue weighted by Crippen LogP contribution is 2.19. The summed E-state index contributed by atoms with van der Waals surface area (Å²) in [6.07, 6.45) is -1.60. The van der Waals surface area contributed by atoms with Gasteiger partial charge in [0.2, 0.25) is 0 Å². The van der Waals surface area contributed by atoms with E-state index in [4.69, 9.17) is 0 Å². The highest BCUT2D eigenvalue weighted by Gasteiger charge is 2.16. The molecule has 3 nitrogen and oxygen atoms in total. The average molecular weight is 274 g/mol. The van der Waals surface area contributed by atoms with E-state index < -0.39 is 12.2 Å². The summed E-state index contributed by atoms with van der Waals surface area (Å²) in [5, 5.41) is 22.7. The molecule has 0 aliphatic heterocycles. The Morgan fingerprint density at radius 1 is 1.40 bits per heavy atom. The first-order valence-corrected chi connectivity index (χ1v) is 5.96. The van der Waals surface area contributed by atoms with E-state index in [-0.39, 0.29) is 0 Å². The fourth-order valence-corrected chi connectivity index (χ4v) is 1.75. The Bertz CT molecular complexity index is 306. The van der Waals surface area contributed by atoms with Crippen molar-refractivity contribution in [3.05, 3.63) is 35.4 Å². The molecule has 2 unspecified atom stereocenters. The highest BCUT2D eigenvalue weighted by molar-refractivity contribution is 9.09. The maximum absolute atomic E-state index is 9.78. The molecule has 3 N–H and O–H groups in total. The zero-order valence-electron chi connectivity index (χ0n) is 8.65. The van der Waals surface area contributed by atoms with Crippen molar-refractivity contribution < 1.29 is 10.2 Å². The Hall–Kier alpha value is -0.420. The third-order valence-corrected chi connectivity index (χ3v) is 2.86. The lowest BCUT2D eigenvalue weighted by Gasteiger charge is -2.16. The van der Waals surface area contributed by atoms with Gasteiger partial charge in [-0.3, -0.25) is 0 Å². The van der Waals surface area contributed by atoms with Crippen LogP contribution < -0.4 is 5.32 Å². The van der Waals surface area contributed by atoms with E-state index in [1.807, 2.05) is 31.3 Å². The highest BCUT2D eigenvalue weighted by atomic mass is 79.9. The van der Waals surface area contributed by atoms with Gasteiger partial charge >= 0.3 is 0 Å². The van der Waals surface area contributed by atoms with Crippen LogP contribution in [0.3, 0.4) is 0 Å². The standard InChI is InChI=1S/C11H16BrNO2/c1-13-7-8-3-2-4-9(5-8)11(15)10(14)6-12/h2-5,10-11,13-15H,6-7H2,1H3. The molecule has 1 aromatic carbocycles. The van der Waals surface area contributed by atoms with Crippen LogP contribution in [0.1, 0.15) is 17.2 Å². The van der Waals surface area contributed by atoms with Crippen LogP contribution in [0.15, 0.2) is 24.3 Å². The van der Waals surface area contributed by atoms with Crippen LogP contribution in [0.5, 0.6) is 0 Å². The largest absolute Gasteiger partial charge is 0.389 e. The summed E-state index contributed by atoms with van der Waals surface area (Å²) in [5.74, 6) is 0. The van der Waals surface area contributed by atoms with E-state index >= 15 is 0 Å². The Morgan fingerprint density at radius 2 is 2.13 bits per heavy atom. The lowest BCUT2D eigenvalue weighted by molar-refractivity contribution is 0.0342. The molecule has 0 aliphatic carbocycles. The molecule has 0 aliphatic rings. The predicted molar refractivity (Wildman–Crippen MR) is 64.0 cm³/mol. The van der Waals surface area contributed by atoms with Crippen LogP contribution in [0.2, 0.25) is 0 Å². The number of aliphatic hydroxyl groups excluding tert-OH is 2. The summed E-state index contributed by atoms with van der Waals surface area (Å²) in [4.78, 5) is 0. The van der Waals surface area contributed by atoms with Gasteiger partial charge in [0.05, 0.1) is 6.10 Å². The number of alkyl halides is 1. The van der Waals surface area contributed by atoms with Gasteiger partial charge in [-0.15, -0.1) is 0 Å². The second-order valence-corrected chi connectivity index (χ2v) is 4.09. The number of benzene rings is 1. The summed E-state index contributed by atoms with van der Waals surface area (Å²) in [7, 11) is 1.87. The molecule has 0 bridgehead atoms. The first-order valence-electron chi connectivity index (χ1n) is 4.84.